The zero-order valence-electron chi connectivity index (χ0n) is 10.8. The second-order valence-electron chi connectivity index (χ2n) is 4.05. The van der Waals surface area contributed by atoms with Crippen LogP contribution in [0.25, 0.3) is 0 Å². The fraction of sp³-hybridized carbons (Fsp3) is 0.400. The second-order valence-corrected chi connectivity index (χ2v) is 8.36. The zero-order valence-corrected chi connectivity index (χ0v) is 13.8. The van der Waals surface area contributed by atoms with Crippen LogP contribution in [0.15, 0.2) is 30.3 Å². The van der Waals surface area contributed by atoms with Crippen molar-refractivity contribution in [3.8, 4) is 0 Å². The van der Waals surface area contributed by atoms with Crippen LogP contribution in [0.5, 0.6) is 0 Å². The van der Waals surface area contributed by atoms with E-state index in [0.717, 1.165) is 12.1 Å². The van der Waals surface area contributed by atoms with E-state index in [0.29, 0.717) is 0 Å². The van der Waals surface area contributed by atoms with Gasteiger partial charge in [0.15, 0.2) is 0 Å². The maximum absolute atomic E-state index is 13.3. The Kier molecular flexibility index (Phi) is 5.77. The van der Waals surface area contributed by atoms with Gasteiger partial charge < -0.3 is 0 Å². The normalized spacial score (nSPS) is 14.9. The van der Waals surface area contributed by atoms with Gasteiger partial charge in [0.1, 0.15) is 0 Å². The Morgan fingerprint density at radius 3 is 1.67 bits per heavy atom. The molecule has 0 radical (unpaired) electrons. The van der Waals surface area contributed by atoms with Crippen LogP contribution < -0.4 is 21.6 Å². The summed E-state index contributed by atoms with van der Waals surface area (Å²) < 4.78 is 139. The van der Waals surface area contributed by atoms with Crippen molar-refractivity contribution in [2.75, 3.05) is 0 Å². The maximum atomic E-state index is 13.3. The molecule has 140 valence electrons. The predicted molar refractivity (Wildman–Crippen MR) is 56.0 cm³/mol. The van der Waals surface area contributed by atoms with Crippen molar-refractivity contribution in [3.05, 3.63) is 33.9 Å². The molecule has 0 bridgehead atoms. The monoisotopic (exact) mass is 503 g/mol. The quantitative estimate of drug-likeness (QED) is 0.423. The molecule has 0 aliphatic rings. The molecule has 0 amide bonds. The average Bonchev–Trinajstić information content (AvgIpc) is 2.44. The van der Waals surface area contributed by atoms with E-state index in [1.165, 1.54) is 18.2 Å². The number of hydrogen-bond donors (Lipinski definition) is 0. The van der Waals surface area contributed by atoms with Crippen LogP contribution in [-0.2, 0) is 12.6 Å². The third-order valence-corrected chi connectivity index (χ3v) is 6.67. The number of rotatable bonds is 6. The standard InChI is InChI=1S/C10H5F9IO3S/c11-7(12,9(15,16)17)8(13,14)10(18,19)24(21,22)23-20-6-4-2-1-3-5-6/h1-5H/q-1. The minimum atomic E-state index is -7.30. The molecule has 14 heteroatoms. The summed E-state index contributed by atoms with van der Waals surface area (Å²) in [6.45, 7) is 0. The van der Waals surface area contributed by atoms with Crippen LogP contribution in [0.2, 0.25) is 0 Å². The van der Waals surface area contributed by atoms with E-state index < -0.39 is 55.0 Å². The molecule has 0 saturated heterocycles. The first-order valence-corrected chi connectivity index (χ1v) is 8.78. The Hall–Kier alpha value is -0.770. The zero-order chi connectivity index (χ0) is 19.0. The summed E-state index contributed by atoms with van der Waals surface area (Å²) in [6, 6.07) is 6.34. The first-order valence-electron chi connectivity index (χ1n) is 5.41. The van der Waals surface area contributed by atoms with Crippen LogP contribution in [0.3, 0.4) is 0 Å². The first-order chi connectivity index (χ1) is 10.6. The van der Waals surface area contributed by atoms with Gasteiger partial charge in [0, 0.05) is 0 Å². The van der Waals surface area contributed by atoms with Crippen molar-refractivity contribution in [2.45, 2.75) is 23.3 Å². The van der Waals surface area contributed by atoms with Gasteiger partial charge in [0.25, 0.3) is 0 Å². The number of halogens is 10. The summed E-state index contributed by atoms with van der Waals surface area (Å²) in [5.41, 5.74) is 0. The molecular weight excluding hydrogens is 498 g/mol. The topological polar surface area (TPSA) is 43.4 Å². The molecule has 0 N–H and O–H groups in total. The van der Waals surface area contributed by atoms with Gasteiger partial charge in [-0.25, -0.2) is 0 Å². The summed E-state index contributed by atoms with van der Waals surface area (Å²) in [7, 11) is -6.77. The Morgan fingerprint density at radius 1 is 0.792 bits per heavy atom. The van der Waals surface area contributed by atoms with Gasteiger partial charge in [-0.05, 0) is 0 Å². The number of hydrogen-bond acceptors (Lipinski definition) is 3. The van der Waals surface area contributed by atoms with Crippen LogP contribution in [0.1, 0.15) is 0 Å². The molecule has 0 saturated carbocycles. The number of benzene rings is 1. The second kappa shape index (κ2) is 6.51. The molecule has 0 heterocycles. The summed E-state index contributed by atoms with van der Waals surface area (Å²) in [6.07, 6.45) is -7.11. The fourth-order valence-corrected chi connectivity index (χ4v) is 4.50. The molecule has 0 fully saturated rings. The van der Waals surface area contributed by atoms with Gasteiger partial charge in [-0.1, -0.05) is 0 Å². The van der Waals surface area contributed by atoms with Crippen LogP contribution in [0.4, 0.5) is 39.5 Å². The van der Waals surface area contributed by atoms with E-state index in [1.807, 2.05) is 0 Å². The van der Waals surface area contributed by atoms with Crippen molar-refractivity contribution in [1.82, 2.24) is 0 Å². The summed E-state index contributed by atoms with van der Waals surface area (Å²) in [5, 5.41) is -6.81. The first kappa shape index (κ1) is 21.3. The molecule has 1 aromatic rings. The summed E-state index contributed by atoms with van der Waals surface area (Å²) in [4.78, 5) is 0. The number of alkyl halides is 9. The van der Waals surface area contributed by atoms with Crippen LogP contribution in [0, 0.1) is 3.57 Å². The van der Waals surface area contributed by atoms with E-state index in [2.05, 4.69) is 2.51 Å². The molecule has 1 rings (SSSR count). The van der Waals surface area contributed by atoms with Crippen molar-refractivity contribution in [3.63, 3.8) is 0 Å². The molecule has 1 aromatic carbocycles. The van der Waals surface area contributed by atoms with Gasteiger partial charge in [0.05, 0.1) is 0 Å². The molecule has 3 nitrogen and oxygen atoms in total. The Labute approximate surface area is 139 Å². The Morgan fingerprint density at radius 2 is 1.25 bits per heavy atom. The molecule has 0 aromatic heterocycles. The van der Waals surface area contributed by atoms with E-state index in [1.54, 1.807) is 0 Å². The van der Waals surface area contributed by atoms with Crippen molar-refractivity contribution in [1.29, 1.82) is 0 Å². The summed E-state index contributed by atoms with van der Waals surface area (Å²) >= 11 is -2.37. The van der Waals surface area contributed by atoms with Gasteiger partial charge in [-0.15, -0.1) is 0 Å². The predicted octanol–water partition coefficient (Wildman–Crippen LogP) is 0.632. The van der Waals surface area contributed by atoms with Crippen molar-refractivity contribution >= 4 is 10.1 Å². The van der Waals surface area contributed by atoms with Crippen LogP contribution in [-0.4, -0.2) is 31.7 Å². The third kappa shape index (κ3) is 3.58. The minimum absolute atomic E-state index is 0.0263. The third-order valence-electron chi connectivity index (χ3n) is 2.37. The van der Waals surface area contributed by atoms with Gasteiger partial charge in [-0.3, -0.25) is 0 Å². The molecule has 0 aliphatic heterocycles. The molecular formula is C10H5F9IO3S-. The fourth-order valence-electron chi connectivity index (χ4n) is 1.10. The molecule has 0 aliphatic carbocycles. The van der Waals surface area contributed by atoms with E-state index in [9.17, 15) is 47.9 Å². The van der Waals surface area contributed by atoms with Crippen molar-refractivity contribution < 1.29 is 72.1 Å². The van der Waals surface area contributed by atoms with Crippen molar-refractivity contribution in [2.24, 2.45) is 0 Å². The SMILES string of the molecule is O=S(=O)(O[I-]c1ccccc1)C(F)(F)C(F)(F)C(F)(F)C(F)(F)F. The van der Waals surface area contributed by atoms with Gasteiger partial charge >= 0.3 is 139 Å². The van der Waals surface area contributed by atoms with E-state index in [4.69, 9.17) is 0 Å². The Bertz CT molecular complexity index is 673. The average molecular weight is 503 g/mol. The summed E-state index contributed by atoms with van der Waals surface area (Å²) in [5.74, 6) is -14.6. The molecule has 0 unspecified atom stereocenters. The Balaban J connectivity index is 3.16. The molecule has 0 spiro atoms. The molecule has 0 atom stereocenters. The molecule has 24 heavy (non-hydrogen) atoms. The van der Waals surface area contributed by atoms with Gasteiger partial charge in [-0.2, -0.15) is 0 Å². The van der Waals surface area contributed by atoms with Crippen LogP contribution >= 0.6 is 0 Å². The van der Waals surface area contributed by atoms with Gasteiger partial charge in [0.2, 0.25) is 0 Å². The van der Waals surface area contributed by atoms with E-state index in [-0.39, 0.29) is 3.57 Å². The van der Waals surface area contributed by atoms with E-state index >= 15 is 0 Å².